The van der Waals surface area contributed by atoms with Gasteiger partial charge in [-0.15, -0.1) is 0 Å². The first-order valence-electron chi connectivity index (χ1n) is 6.31. The van der Waals surface area contributed by atoms with Crippen molar-refractivity contribution in [2.45, 2.75) is 6.92 Å². The maximum atomic E-state index is 5.97. The second kappa shape index (κ2) is 5.13. The van der Waals surface area contributed by atoms with Crippen molar-refractivity contribution in [1.29, 1.82) is 0 Å². The minimum Gasteiger partial charge on any atom is -0.397 e. The number of pyridine rings is 1. The van der Waals surface area contributed by atoms with E-state index >= 15 is 0 Å². The molecule has 4 heteroatoms. The molecule has 0 fully saturated rings. The van der Waals surface area contributed by atoms with Crippen LogP contribution in [-0.4, -0.2) is 4.98 Å². The van der Waals surface area contributed by atoms with Gasteiger partial charge in [-0.05, 0) is 42.8 Å². The van der Waals surface area contributed by atoms with Crippen LogP contribution in [0.15, 0.2) is 53.1 Å². The van der Waals surface area contributed by atoms with Gasteiger partial charge in [0.1, 0.15) is 0 Å². The summed E-state index contributed by atoms with van der Waals surface area (Å²) in [6.07, 6.45) is 1.77. The van der Waals surface area contributed by atoms with Crippen LogP contribution in [0.25, 0.3) is 10.9 Å². The average molecular weight is 328 g/mol. The maximum absolute atomic E-state index is 5.97. The lowest BCUT2D eigenvalue weighted by Gasteiger charge is -2.11. The van der Waals surface area contributed by atoms with Gasteiger partial charge in [0, 0.05) is 27.4 Å². The Hall–Kier alpha value is -2.07. The molecule has 0 aliphatic heterocycles. The van der Waals surface area contributed by atoms with Gasteiger partial charge in [-0.2, -0.15) is 0 Å². The topological polar surface area (TPSA) is 50.9 Å². The van der Waals surface area contributed by atoms with E-state index in [1.807, 2.05) is 30.3 Å². The fourth-order valence-corrected chi connectivity index (χ4v) is 2.88. The SMILES string of the molecule is Cc1cc(Br)cc(Nc2ccnc3c(N)cccc23)c1. The number of nitrogens with two attached hydrogens (primary N) is 1. The van der Waals surface area contributed by atoms with Crippen molar-refractivity contribution >= 4 is 43.9 Å². The number of nitrogen functional groups attached to an aromatic ring is 1. The van der Waals surface area contributed by atoms with E-state index < -0.39 is 0 Å². The van der Waals surface area contributed by atoms with Gasteiger partial charge in [-0.1, -0.05) is 28.1 Å². The third kappa shape index (κ3) is 2.47. The maximum Gasteiger partial charge on any atom is 0.0951 e. The molecule has 20 heavy (non-hydrogen) atoms. The predicted molar refractivity (Wildman–Crippen MR) is 88.3 cm³/mol. The number of para-hydroxylation sites is 1. The molecule has 0 saturated heterocycles. The van der Waals surface area contributed by atoms with Crippen LogP contribution in [0.5, 0.6) is 0 Å². The molecule has 0 saturated carbocycles. The monoisotopic (exact) mass is 327 g/mol. The van der Waals surface area contributed by atoms with Crippen LogP contribution in [0.3, 0.4) is 0 Å². The van der Waals surface area contributed by atoms with Crippen molar-refractivity contribution in [3.63, 3.8) is 0 Å². The number of anilines is 3. The van der Waals surface area contributed by atoms with Crippen LogP contribution in [0, 0.1) is 6.92 Å². The van der Waals surface area contributed by atoms with Crippen LogP contribution >= 0.6 is 15.9 Å². The number of nitrogens with one attached hydrogen (secondary N) is 1. The average Bonchev–Trinajstić information content (AvgIpc) is 2.39. The van der Waals surface area contributed by atoms with Crippen LogP contribution in [0.4, 0.5) is 17.1 Å². The minimum atomic E-state index is 0.691. The Bertz CT molecular complexity index is 764. The van der Waals surface area contributed by atoms with Gasteiger partial charge in [0.2, 0.25) is 0 Å². The van der Waals surface area contributed by atoms with Crippen molar-refractivity contribution in [3.05, 3.63) is 58.7 Å². The molecule has 0 radical (unpaired) electrons. The van der Waals surface area contributed by atoms with Crippen molar-refractivity contribution in [2.24, 2.45) is 0 Å². The molecule has 0 bridgehead atoms. The molecule has 3 nitrogen and oxygen atoms in total. The molecule has 3 aromatic rings. The second-order valence-corrected chi connectivity index (χ2v) is 5.66. The van der Waals surface area contributed by atoms with E-state index in [4.69, 9.17) is 5.73 Å². The third-order valence-corrected chi connectivity index (χ3v) is 3.58. The molecule has 0 spiro atoms. The first-order chi connectivity index (χ1) is 9.63. The Morgan fingerprint density at radius 3 is 2.80 bits per heavy atom. The fourth-order valence-electron chi connectivity index (χ4n) is 2.27. The third-order valence-electron chi connectivity index (χ3n) is 3.12. The van der Waals surface area contributed by atoms with E-state index in [9.17, 15) is 0 Å². The second-order valence-electron chi connectivity index (χ2n) is 4.74. The molecule has 1 aromatic heterocycles. The Morgan fingerprint density at radius 1 is 1.15 bits per heavy atom. The van der Waals surface area contributed by atoms with Gasteiger partial charge in [-0.25, -0.2) is 0 Å². The molecule has 100 valence electrons. The summed E-state index contributed by atoms with van der Waals surface area (Å²) in [5.41, 5.74) is 10.7. The Balaban J connectivity index is 2.09. The molecule has 0 aliphatic carbocycles. The fraction of sp³-hybridized carbons (Fsp3) is 0.0625. The number of halogens is 1. The first-order valence-corrected chi connectivity index (χ1v) is 7.10. The molecule has 2 aromatic carbocycles. The number of rotatable bonds is 2. The van der Waals surface area contributed by atoms with E-state index in [0.717, 1.165) is 26.8 Å². The zero-order chi connectivity index (χ0) is 14.1. The zero-order valence-electron chi connectivity index (χ0n) is 11.0. The number of benzene rings is 2. The van der Waals surface area contributed by atoms with E-state index in [2.05, 4.69) is 45.3 Å². The Kier molecular flexibility index (Phi) is 3.32. The number of hydrogen-bond donors (Lipinski definition) is 2. The van der Waals surface area contributed by atoms with Gasteiger partial charge < -0.3 is 11.1 Å². The molecule has 3 N–H and O–H groups in total. The zero-order valence-corrected chi connectivity index (χ0v) is 12.6. The lowest BCUT2D eigenvalue weighted by molar-refractivity contribution is 1.39. The highest BCUT2D eigenvalue weighted by molar-refractivity contribution is 9.10. The molecule has 0 atom stereocenters. The van der Waals surface area contributed by atoms with Crippen LogP contribution < -0.4 is 11.1 Å². The van der Waals surface area contributed by atoms with Crippen molar-refractivity contribution < 1.29 is 0 Å². The number of hydrogen-bond acceptors (Lipinski definition) is 3. The predicted octanol–water partition coefficient (Wildman–Crippen LogP) is 4.63. The number of aromatic nitrogens is 1. The largest absolute Gasteiger partial charge is 0.397 e. The number of nitrogens with zero attached hydrogens (tertiary/aromatic N) is 1. The molecule has 1 heterocycles. The van der Waals surface area contributed by atoms with Gasteiger partial charge in [0.15, 0.2) is 0 Å². The molecular weight excluding hydrogens is 314 g/mol. The Labute approximate surface area is 126 Å². The summed E-state index contributed by atoms with van der Waals surface area (Å²) >= 11 is 3.52. The highest BCUT2D eigenvalue weighted by Crippen LogP contribution is 2.29. The van der Waals surface area contributed by atoms with Gasteiger partial charge in [-0.3, -0.25) is 4.98 Å². The molecule has 0 amide bonds. The number of aryl methyl sites for hydroxylation is 1. The first kappa shape index (κ1) is 12.9. The van der Waals surface area contributed by atoms with Crippen LogP contribution in [0.2, 0.25) is 0 Å². The summed E-state index contributed by atoms with van der Waals surface area (Å²) in [7, 11) is 0. The van der Waals surface area contributed by atoms with Crippen molar-refractivity contribution in [2.75, 3.05) is 11.1 Å². The van der Waals surface area contributed by atoms with Crippen molar-refractivity contribution in [1.82, 2.24) is 4.98 Å². The lowest BCUT2D eigenvalue weighted by atomic mass is 10.1. The van der Waals surface area contributed by atoms with Crippen LogP contribution in [-0.2, 0) is 0 Å². The summed E-state index contributed by atoms with van der Waals surface area (Å²) in [4.78, 5) is 4.34. The lowest BCUT2D eigenvalue weighted by Crippen LogP contribution is -1.95. The molecule has 0 unspecified atom stereocenters. The van der Waals surface area contributed by atoms with Gasteiger partial charge in [0.25, 0.3) is 0 Å². The van der Waals surface area contributed by atoms with E-state index in [-0.39, 0.29) is 0 Å². The summed E-state index contributed by atoms with van der Waals surface area (Å²) in [5, 5.41) is 4.45. The molecule has 3 rings (SSSR count). The normalized spacial score (nSPS) is 10.7. The molecule has 0 aliphatic rings. The van der Waals surface area contributed by atoms with Gasteiger partial charge in [0.05, 0.1) is 11.2 Å². The van der Waals surface area contributed by atoms with Crippen molar-refractivity contribution in [3.8, 4) is 0 Å². The van der Waals surface area contributed by atoms with E-state index in [0.29, 0.717) is 5.69 Å². The summed E-state index contributed by atoms with van der Waals surface area (Å²) in [5.74, 6) is 0. The summed E-state index contributed by atoms with van der Waals surface area (Å²) < 4.78 is 1.05. The summed E-state index contributed by atoms with van der Waals surface area (Å²) in [6.45, 7) is 2.07. The van der Waals surface area contributed by atoms with Gasteiger partial charge >= 0.3 is 0 Å². The number of fused-ring (bicyclic) bond motifs is 1. The quantitative estimate of drug-likeness (QED) is 0.674. The Morgan fingerprint density at radius 2 is 2.00 bits per heavy atom. The summed E-state index contributed by atoms with van der Waals surface area (Å²) in [6, 6.07) is 14.0. The molecular formula is C16H14BrN3. The van der Waals surface area contributed by atoms with E-state index in [1.165, 1.54) is 5.56 Å². The minimum absolute atomic E-state index is 0.691. The highest BCUT2D eigenvalue weighted by Gasteiger charge is 2.05. The van der Waals surface area contributed by atoms with E-state index in [1.54, 1.807) is 6.20 Å². The highest BCUT2D eigenvalue weighted by atomic mass is 79.9. The smallest absolute Gasteiger partial charge is 0.0951 e. The standard InChI is InChI=1S/C16H14BrN3/c1-10-7-11(17)9-12(8-10)20-15-5-6-19-16-13(15)3-2-4-14(16)18/h2-9H,18H2,1H3,(H,19,20). The van der Waals surface area contributed by atoms with Crippen LogP contribution in [0.1, 0.15) is 5.56 Å².